The molecule has 2 aromatic carbocycles. The molecule has 1 heteroatoms. The van der Waals surface area contributed by atoms with Gasteiger partial charge in [-0.3, -0.25) is 0 Å². The lowest BCUT2D eigenvalue weighted by molar-refractivity contribution is 1.44. The van der Waals surface area contributed by atoms with Gasteiger partial charge in [-0.1, -0.05) is 75.7 Å². The molecule has 0 atom stereocenters. The van der Waals surface area contributed by atoms with Gasteiger partial charge in [0.1, 0.15) is 0 Å². The van der Waals surface area contributed by atoms with E-state index in [2.05, 4.69) is 55.2 Å². The summed E-state index contributed by atoms with van der Waals surface area (Å²) in [5, 5.41) is 1.28. The molecule has 0 aliphatic carbocycles. The molecular formula is C20H29N. The number of H-pyrrole nitrogens is 1. The number of fused-ring (bicyclic) bond motifs is 1. The van der Waals surface area contributed by atoms with Crippen LogP contribution in [0.5, 0.6) is 0 Å². The maximum absolute atomic E-state index is 3.16. The molecule has 0 aliphatic rings. The summed E-state index contributed by atoms with van der Waals surface area (Å²) < 4.78 is 0. The van der Waals surface area contributed by atoms with E-state index in [9.17, 15) is 0 Å². The lowest BCUT2D eigenvalue weighted by Gasteiger charge is -1.90. The standard InChI is InChI=1S/C9H9N.C7H8.2C2H6/c1-7-2-3-8-4-5-10-9(8)6-7;1-7-5-3-2-4-6-7;2*1-2/h2-6,10H,1H3;2-6H,1H3;2*1-2H3. The first-order valence-corrected chi connectivity index (χ1v) is 7.81. The summed E-state index contributed by atoms with van der Waals surface area (Å²) >= 11 is 0. The van der Waals surface area contributed by atoms with Crippen LogP contribution in [0.15, 0.2) is 60.8 Å². The molecule has 0 aliphatic heterocycles. The molecular weight excluding hydrogens is 254 g/mol. The third kappa shape index (κ3) is 7.36. The third-order valence-electron chi connectivity index (χ3n) is 2.65. The summed E-state index contributed by atoms with van der Waals surface area (Å²) in [6.07, 6.45) is 1.96. The fraction of sp³-hybridized carbons (Fsp3) is 0.300. The van der Waals surface area contributed by atoms with E-state index >= 15 is 0 Å². The smallest absolute Gasteiger partial charge is 0.0456 e. The summed E-state index contributed by atoms with van der Waals surface area (Å²) in [6, 6.07) is 18.7. The minimum atomic E-state index is 1.22. The largest absolute Gasteiger partial charge is 0.361 e. The molecule has 3 aromatic rings. The van der Waals surface area contributed by atoms with E-state index in [1.807, 2.05) is 52.1 Å². The van der Waals surface area contributed by atoms with Gasteiger partial charge in [-0.2, -0.15) is 0 Å². The number of rotatable bonds is 0. The second-order valence-corrected chi connectivity index (χ2v) is 4.22. The van der Waals surface area contributed by atoms with Crippen molar-refractivity contribution in [3.05, 3.63) is 71.9 Å². The van der Waals surface area contributed by atoms with Crippen molar-refractivity contribution in [2.45, 2.75) is 41.5 Å². The van der Waals surface area contributed by atoms with Crippen molar-refractivity contribution in [2.24, 2.45) is 0 Å². The van der Waals surface area contributed by atoms with Crippen molar-refractivity contribution in [1.82, 2.24) is 4.98 Å². The van der Waals surface area contributed by atoms with Crippen molar-refractivity contribution in [1.29, 1.82) is 0 Å². The molecule has 0 amide bonds. The SMILES string of the molecule is CC.CC.Cc1ccc2cc[nH]c2c1.Cc1ccccc1. The molecule has 0 radical (unpaired) electrons. The average molecular weight is 283 g/mol. The van der Waals surface area contributed by atoms with Gasteiger partial charge in [0.05, 0.1) is 0 Å². The van der Waals surface area contributed by atoms with Gasteiger partial charge in [-0.05, 0) is 36.9 Å². The zero-order valence-corrected chi connectivity index (χ0v) is 14.3. The molecule has 1 aromatic heterocycles. The molecule has 3 rings (SSSR count). The van der Waals surface area contributed by atoms with Crippen molar-refractivity contribution in [3.63, 3.8) is 0 Å². The van der Waals surface area contributed by atoms with Gasteiger partial charge < -0.3 is 4.98 Å². The quantitative estimate of drug-likeness (QED) is 0.483. The first kappa shape index (κ1) is 19.0. The predicted octanol–water partition coefficient (Wildman–Crippen LogP) is 6.52. The molecule has 1 heterocycles. The summed E-state index contributed by atoms with van der Waals surface area (Å²) in [5.41, 5.74) is 3.84. The molecule has 0 saturated carbocycles. The molecule has 0 unspecified atom stereocenters. The number of hydrogen-bond acceptors (Lipinski definition) is 0. The van der Waals surface area contributed by atoms with Crippen LogP contribution in [0.3, 0.4) is 0 Å². The number of aromatic nitrogens is 1. The Balaban J connectivity index is 0.000000321. The van der Waals surface area contributed by atoms with Gasteiger partial charge in [0.15, 0.2) is 0 Å². The van der Waals surface area contributed by atoms with Crippen LogP contribution in [0.2, 0.25) is 0 Å². The lowest BCUT2D eigenvalue weighted by atomic mass is 10.2. The van der Waals surface area contributed by atoms with Crippen LogP contribution in [0.4, 0.5) is 0 Å². The summed E-state index contributed by atoms with van der Waals surface area (Å²) in [6.45, 7) is 12.2. The average Bonchev–Trinajstić information content (AvgIpc) is 3.00. The van der Waals surface area contributed by atoms with Crippen molar-refractivity contribution in [3.8, 4) is 0 Å². The maximum atomic E-state index is 3.16. The minimum Gasteiger partial charge on any atom is -0.361 e. The van der Waals surface area contributed by atoms with E-state index in [0.717, 1.165) is 0 Å². The Bertz CT molecular complexity index is 579. The van der Waals surface area contributed by atoms with Crippen LogP contribution in [-0.2, 0) is 0 Å². The second kappa shape index (κ2) is 11.8. The highest BCUT2D eigenvalue weighted by atomic mass is 14.7. The fourth-order valence-electron chi connectivity index (χ4n) is 1.70. The van der Waals surface area contributed by atoms with E-state index in [0.29, 0.717) is 0 Å². The zero-order valence-electron chi connectivity index (χ0n) is 14.3. The van der Waals surface area contributed by atoms with E-state index in [-0.39, 0.29) is 0 Å². The van der Waals surface area contributed by atoms with Crippen LogP contribution < -0.4 is 0 Å². The van der Waals surface area contributed by atoms with Crippen LogP contribution in [-0.4, -0.2) is 4.98 Å². The zero-order chi connectivity index (χ0) is 16.1. The summed E-state index contributed by atoms with van der Waals surface area (Å²) in [5.74, 6) is 0. The van der Waals surface area contributed by atoms with Crippen molar-refractivity contribution in [2.75, 3.05) is 0 Å². The van der Waals surface area contributed by atoms with Gasteiger partial charge in [0.2, 0.25) is 0 Å². The summed E-state index contributed by atoms with van der Waals surface area (Å²) in [4.78, 5) is 3.16. The van der Waals surface area contributed by atoms with Crippen LogP contribution >= 0.6 is 0 Å². The highest BCUT2D eigenvalue weighted by Gasteiger charge is 1.91. The molecule has 1 nitrogen and oxygen atoms in total. The Morgan fingerprint density at radius 2 is 1.29 bits per heavy atom. The number of aromatic amines is 1. The molecule has 0 saturated heterocycles. The Hall–Kier alpha value is -2.02. The molecule has 0 fully saturated rings. The van der Waals surface area contributed by atoms with Gasteiger partial charge >= 0.3 is 0 Å². The van der Waals surface area contributed by atoms with Crippen LogP contribution in [0.1, 0.15) is 38.8 Å². The highest BCUT2D eigenvalue weighted by molar-refractivity contribution is 5.79. The number of benzene rings is 2. The van der Waals surface area contributed by atoms with Crippen molar-refractivity contribution < 1.29 is 0 Å². The van der Waals surface area contributed by atoms with Crippen molar-refractivity contribution >= 4 is 10.9 Å². The normalized spacial score (nSPS) is 8.48. The Labute approximate surface area is 130 Å². The highest BCUT2D eigenvalue weighted by Crippen LogP contribution is 2.12. The Morgan fingerprint density at radius 3 is 1.81 bits per heavy atom. The third-order valence-corrected chi connectivity index (χ3v) is 2.65. The van der Waals surface area contributed by atoms with Gasteiger partial charge in [-0.25, -0.2) is 0 Å². The van der Waals surface area contributed by atoms with E-state index in [4.69, 9.17) is 0 Å². The lowest BCUT2D eigenvalue weighted by Crippen LogP contribution is -1.70. The Morgan fingerprint density at radius 1 is 0.667 bits per heavy atom. The maximum Gasteiger partial charge on any atom is 0.0456 e. The number of nitrogens with one attached hydrogen (secondary N) is 1. The van der Waals surface area contributed by atoms with Gasteiger partial charge in [0, 0.05) is 11.7 Å². The second-order valence-electron chi connectivity index (χ2n) is 4.22. The molecule has 0 bridgehead atoms. The van der Waals surface area contributed by atoms with E-state index in [1.54, 1.807) is 0 Å². The monoisotopic (exact) mass is 283 g/mol. The van der Waals surface area contributed by atoms with Crippen LogP contribution in [0.25, 0.3) is 10.9 Å². The van der Waals surface area contributed by atoms with E-state index in [1.165, 1.54) is 22.0 Å². The predicted molar refractivity (Wildman–Crippen MR) is 96.9 cm³/mol. The summed E-state index contributed by atoms with van der Waals surface area (Å²) in [7, 11) is 0. The first-order valence-electron chi connectivity index (χ1n) is 7.81. The topological polar surface area (TPSA) is 15.8 Å². The molecule has 21 heavy (non-hydrogen) atoms. The molecule has 114 valence electrons. The number of hydrogen-bond donors (Lipinski definition) is 1. The minimum absolute atomic E-state index is 1.22. The molecule has 1 N–H and O–H groups in total. The molecule has 0 spiro atoms. The van der Waals surface area contributed by atoms with Gasteiger partial charge in [0.25, 0.3) is 0 Å². The van der Waals surface area contributed by atoms with Gasteiger partial charge in [-0.15, -0.1) is 0 Å². The first-order chi connectivity index (χ1) is 10.3. The number of aryl methyl sites for hydroxylation is 2. The van der Waals surface area contributed by atoms with E-state index < -0.39 is 0 Å². The fourth-order valence-corrected chi connectivity index (χ4v) is 1.70. The Kier molecular flexibility index (Phi) is 10.6. The van der Waals surface area contributed by atoms with Crippen LogP contribution in [0, 0.1) is 13.8 Å².